The maximum absolute atomic E-state index is 14.3. The van der Waals surface area contributed by atoms with Gasteiger partial charge in [0.15, 0.2) is 5.78 Å². The molecule has 4 saturated heterocycles. The van der Waals surface area contributed by atoms with Crippen molar-refractivity contribution in [2.45, 2.75) is 31.3 Å². The summed E-state index contributed by atoms with van der Waals surface area (Å²) in [5, 5.41) is 10.3. The topological polar surface area (TPSA) is 88.1 Å². The molecule has 0 bridgehead atoms. The molecule has 1 aliphatic carbocycles. The zero-order chi connectivity index (χ0) is 30.7. The third kappa shape index (κ3) is 4.95. The van der Waals surface area contributed by atoms with Gasteiger partial charge >= 0.3 is 0 Å². The summed E-state index contributed by atoms with van der Waals surface area (Å²) in [5.41, 5.74) is 6.41. The molecule has 0 radical (unpaired) electrons. The molecule has 3 aromatic rings. The number of benzene rings is 2. The lowest BCUT2D eigenvalue weighted by atomic mass is 9.70. The van der Waals surface area contributed by atoms with E-state index >= 15 is 0 Å². The number of carbonyl (C=O) groups excluding carboxylic acids is 1. The molecule has 0 saturated carbocycles. The molecular formula is C36H40N6O3. The van der Waals surface area contributed by atoms with E-state index in [1.807, 2.05) is 12.1 Å². The second-order valence-electron chi connectivity index (χ2n) is 13.6. The summed E-state index contributed by atoms with van der Waals surface area (Å²) in [6.45, 7) is 16.4. The molecular weight excluding hydrogens is 564 g/mol. The average molecular weight is 605 g/mol. The van der Waals surface area contributed by atoms with Gasteiger partial charge in [-0.1, -0.05) is 31.8 Å². The average Bonchev–Trinajstić information content (AvgIpc) is 3.40. The van der Waals surface area contributed by atoms with E-state index in [9.17, 15) is 10.1 Å². The number of nitrogens with one attached hydrogen (secondary N) is 1. The fourth-order valence-corrected chi connectivity index (χ4v) is 7.63. The molecule has 9 heteroatoms. The SMILES string of the molecule is CC1(C)c2cc(N3CCN(C4COC4)CC3)c(C#CCN3CCN(C4COC4)CC3)cc2C(=O)c2c1[nH]c1cc(C#N)ccc21. The van der Waals surface area contributed by atoms with Crippen molar-refractivity contribution >= 4 is 22.4 Å². The largest absolute Gasteiger partial charge is 0.378 e. The minimum absolute atomic E-state index is 0.0239. The summed E-state index contributed by atoms with van der Waals surface area (Å²) in [4.78, 5) is 27.8. The van der Waals surface area contributed by atoms with Crippen LogP contribution < -0.4 is 4.90 Å². The number of ketones is 1. The molecule has 0 spiro atoms. The first-order valence-electron chi connectivity index (χ1n) is 16.3. The van der Waals surface area contributed by atoms with Gasteiger partial charge in [0.1, 0.15) is 0 Å². The highest BCUT2D eigenvalue weighted by atomic mass is 16.5. The molecule has 5 heterocycles. The van der Waals surface area contributed by atoms with Crippen LogP contribution in [0.3, 0.4) is 0 Å². The van der Waals surface area contributed by atoms with Gasteiger partial charge in [0.2, 0.25) is 0 Å². The second kappa shape index (κ2) is 11.3. The Kier molecular flexibility index (Phi) is 7.20. The highest BCUT2D eigenvalue weighted by Crippen LogP contribution is 2.45. The molecule has 4 aliphatic heterocycles. The lowest BCUT2D eigenvalue weighted by molar-refractivity contribution is -0.0760. The standard InChI is InChI=1S/C36H40N6O3/c1-36(2)30-18-32(42-14-12-41(13-15-42)27-22-45-23-27)25(4-3-7-39-8-10-40(11-9-39)26-20-44-21-26)17-29(30)34(43)33-28-6-5-24(19-37)16-31(28)38-35(33)36/h5-6,16-18,26-27,38H,7-15,20-23H2,1-2H3. The van der Waals surface area contributed by atoms with Gasteiger partial charge in [-0.15, -0.1) is 0 Å². The normalized spacial score (nSPS) is 22.6. The first kappa shape index (κ1) is 28.8. The second-order valence-corrected chi connectivity index (χ2v) is 13.6. The zero-order valence-electron chi connectivity index (χ0n) is 26.2. The predicted octanol–water partition coefficient (Wildman–Crippen LogP) is 2.80. The molecule has 2 aromatic carbocycles. The minimum Gasteiger partial charge on any atom is -0.378 e. The van der Waals surface area contributed by atoms with Crippen LogP contribution in [0.5, 0.6) is 0 Å². The lowest BCUT2D eigenvalue weighted by Crippen LogP contribution is -2.56. The van der Waals surface area contributed by atoms with E-state index in [4.69, 9.17) is 9.47 Å². The lowest BCUT2D eigenvalue weighted by Gasteiger charge is -2.44. The van der Waals surface area contributed by atoms with Crippen molar-refractivity contribution in [3.63, 3.8) is 0 Å². The number of hydrogen-bond donors (Lipinski definition) is 1. The Morgan fingerprint density at radius 3 is 2.20 bits per heavy atom. The van der Waals surface area contributed by atoms with Gasteiger partial charge in [-0.25, -0.2) is 0 Å². The fourth-order valence-electron chi connectivity index (χ4n) is 7.63. The fraction of sp³-hybridized carbons (Fsp3) is 0.500. The number of H-pyrrole nitrogens is 1. The van der Waals surface area contributed by atoms with E-state index in [0.29, 0.717) is 29.8 Å². The summed E-state index contributed by atoms with van der Waals surface area (Å²) in [7, 11) is 0. The van der Waals surface area contributed by atoms with E-state index in [0.717, 1.165) is 118 Å². The van der Waals surface area contributed by atoms with E-state index in [2.05, 4.69) is 68.5 Å². The van der Waals surface area contributed by atoms with Crippen molar-refractivity contribution in [3.8, 4) is 17.9 Å². The van der Waals surface area contributed by atoms with Crippen LogP contribution in [0.25, 0.3) is 10.9 Å². The summed E-state index contributed by atoms with van der Waals surface area (Å²) in [5.74, 6) is 7.06. The first-order chi connectivity index (χ1) is 21.9. The van der Waals surface area contributed by atoms with Gasteiger partial charge < -0.3 is 19.4 Å². The van der Waals surface area contributed by atoms with Gasteiger partial charge in [0.05, 0.1) is 67.9 Å². The van der Waals surface area contributed by atoms with Crippen molar-refractivity contribution in [1.82, 2.24) is 19.7 Å². The number of nitriles is 1. The number of nitrogens with zero attached hydrogens (tertiary/aromatic N) is 5. The minimum atomic E-state index is -0.429. The number of carbonyl (C=O) groups is 1. The third-order valence-electron chi connectivity index (χ3n) is 10.7. The molecule has 232 valence electrons. The van der Waals surface area contributed by atoms with Crippen LogP contribution in [-0.4, -0.2) is 123 Å². The number of aromatic nitrogens is 1. The Labute approximate surface area is 264 Å². The highest BCUT2D eigenvalue weighted by Gasteiger charge is 2.41. The summed E-state index contributed by atoms with van der Waals surface area (Å²) in [6.07, 6.45) is 0. The van der Waals surface area contributed by atoms with Crippen LogP contribution in [0.15, 0.2) is 30.3 Å². The number of rotatable bonds is 4. The molecule has 5 aliphatic rings. The molecule has 8 rings (SSSR count). The first-order valence-corrected chi connectivity index (χ1v) is 16.3. The number of piperazine rings is 2. The number of fused-ring (bicyclic) bond motifs is 4. The number of hydrogen-bond acceptors (Lipinski definition) is 8. The zero-order valence-corrected chi connectivity index (χ0v) is 26.2. The van der Waals surface area contributed by atoms with Crippen LogP contribution in [-0.2, 0) is 14.9 Å². The van der Waals surface area contributed by atoms with Crippen molar-refractivity contribution in [2.24, 2.45) is 0 Å². The van der Waals surface area contributed by atoms with Crippen molar-refractivity contribution < 1.29 is 14.3 Å². The Morgan fingerprint density at radius 2 is 1.58 bits per heavy atom. The monoisotopic (exact) mass is 604 g/mol. The van der Waals surface area contributed by atoms with Crippen LogP contribution in [0.2, 0.25) is 0 Å². The van der Waals surface area contributed by atoms with Crippen LogP contribution in [0, 0.1) is 23.2 Å². The molecule has 45 heavy (non-hydrogen) atoms. The molecule has 0 unspecified atom stereocenters. The van der Waals surface area contributed by atoms with Crippen LogP contribution >= 0.6 is 0 Å². The van der Waals surface area contributed by atoms with Gasteiger partial charge in [-0.3, -0.25) is 19.5 Å². The number of ether oxygens (including phenoxy) is 2. The van der Waals surface area contributed by atoms with Crippen molar-refractivity contribution in [2.75, 3.05) is 90.2 Å². The van der Waals surface area contributed by atoms with Gasteiger partial charge in [-0.05, 0) is 29.8 Å². The molecule has 1 N–H and O–H groups in total. The smallest absolute Gasteiger partial charge is 0.195 e. The van der Waals surface area contributed by atoms with Crippen LogP contribution in [0.4, 0.5) is 5.69 Å². The Balaban J connectivity index is 1.13. The molecule has 0 amide bonds. The molecule has 4 fully saturated rings. The molecule has 9 nitrogen and oxygen atoms in total. The van der Waals surface area contributed by atoms with E-state index in [1.165, 1.54) is 0 Å². The Hall–Kier alpha value is -3.70. The third-order valence-corrected chi connectivity index (χ3v) is 10.7. The summed E-state index contributed by atoms with van der Waals surface area (Å²) in [6, 6.07) is 13.2. The molecule has 1 aromatic heterocycles. The van der Waals surface area contributed by atoms with Crippen LogP contribution in [0.1, 0.15) is 52.2 Å². The molecule has 0 atom stereocenters. The highest BCUT2D eigenvalue weighted by molar-refractivity contribution is 6.20. The van der Waals surface area contributed by atoms with Crippen molar-refractivity contribution in [1.29, 1.82) is 5.26 Å². The van der Waals surface area contributed by atoms with E-state index in [1.54, 1.807) is 6.07 Å². The van der Waals surface area contributed by atoms with Gasteiger partial charge in [0, 0.05) is 85.5 Å². The maximum atomic E-state index is 14.3. The van der Waals surface area contributed by atoms with Crippen molar-refractivity contribution in [3.05, 3.63) is 63.8 Å². The maximum Gasteiger partial charge on any atom is 0.195 e. The predicted molar refractivity (Wildman–Crippen MR) is 173 cm³/mol. The van der Waals surface area contributed by atoms with E-state index in [-0.39, 0.29) is 5.78 Å². The van der Waals surface area contributed by atoms with Gasteiger partial charge in [0.25, 0.3) is 0 Å². The Bertz CT molecular complexity index is 1750. The quantitative estimate of drug-likeness (QED) is 0.455. The van der Waals surface area contributed by atoms with Gasteiger partial charge in [-0.2, -0.15) is 5.26 Å². The number of anilines is 1. The summed E-state index contributed by atoms with van der Waals surface area (Å²) >= 11 is 0. The van der Waals surface area contributed by atoms with E-state index < -0.39 is 5.41 Å². The number of aromatic amines is 1. The Morgan fingerprint density at radius 1 is 0.911 bits per heavy atom. The summed E-state index contributed by atoms with van der Waals surface area (Å²) < 4.78 is 10.9.